The first kappa shape index (κ1) is 19.1. The van der Waals surface area contributed by atoms with E-state index in [0.29, 0.717) is 31.6 Å². The van der Waals surface area contributed by atoms with Crippen LogP contribution in [0.25, 0.3) is 5.69 Å². The quantitative estimate of drug-likeness (QED) is 0.514. The highest BCUT2D eigenvalue weighted by atomic mass is 16.2. The van der Waals surface area contributed by atoms with E-state index in [2.05, 4.69) is 12.1 Å². The van der Waals surface area contributed by atoms with Crippen LogP contribution in [0.3, 0.4) is 0 Å². The molecule has 5 rings (SSSR count). The number of hydrogen-bond acceptors (Lipinski definition) is 2. The minimum absolute atomic E-state index is 0.00239. The van der Waals surface area contributed by atoms with Crippen molar-refractivity contribution in [3.05, 3.63) is 124 Å². The van der Waals surface area contributed by atoms with Crippen molar-refractivity contribution in [2.24, 2.45) is 0 Å². The molecule has 0 saturated carbocycles. The van der Waals surface area contributed by atoms with E-state index >= 15 is 0 Å². The van der Waals surface area contributed by atoms with Gasteiger partial charge in [-0.05, 0) is 36.2 Å². The van der Waals surface area contributed by atoms with Crippen molar-refractivity contribution in [2.75, 3.05) is 6.54 Å². The van der Waals surface area contributed by atoms with E-state index in [1.807, 2.05) is 88.4 Å². The van der Waals surface area contributed by atoms with Crippen molar-refractivity contribution < 1.29 is 4.79 Å². The fraction of sp³-hybridized carbons (Fsp3) is 0.154. The smallest absolute Gasteiger partial charge is 0.275 e. The summed E-state index contributed by atoms with van der Waals surface area (Å²) < 4.78 is 3.79. The lowest BCUT2D eigenvalue weighted by Gasteiger charge is -2.28. The van der Waals surface area contributed by atoms with Gasteiger partial charge >= 0.3 is 0 Å². The summed E-state index contributed by atoms with van der Waals surface area (Å²) in [5.74, 6) is -0.00239. The van der Waals surface area contributed by atoms with Gasteiger partial charge in [-0.1, -0.05) is 66.7 Å². The van der Waals surface area contributed by atoms with Crippen LogP contribution in [0.15, 0.2) is 95.8 Å². The molecule has 0 fully saturated rings. The SMILES string of the molecule is O=C(c1ccccc1)N1CCc2c(n(Cc3ccccc3)n(-c3ccccc3)c2=O)C1. The summed E-state index contributed by atoms with van der Waals surface area (Å²) in [5.41, 5.74) is 4.33. The summed E-state index contributed by atoms with van der Waals surface area (Å²) in [6, 6.07) is 29.1. The van der Waals surface area contributed by atoms with Gasteiger partial charge in [0.15, 0.2) is 0 Å². The highest BCUT2D eigenvalue weighted by Crippen LogP contribution is 2.22. The van der Waals surface area contributed by atoms with E-state index in [9.17, 15) is 9.59 Å². The zero-order chi connectivity index (χ0) is 21.2. The maximum Gasteiger partial charge on any atom is 0.275 e. The number of nitrogens with zero attached hydrogens (tertiary/aromatic N) is 3. The lowest BCUT2D eigenvalue weighted by Crippen LogP contribution is -2.37. The molecule has 5 nitrogen and oxygen atoms in total. The van der Waals surface area contributed by atoms with Gasteiger partial charge in [-0.3, -0.25) is 14.3 Å². The Bertz CT molecular complexity index is 1260. The van der Waals surface area contributed by atoms with Gasteiger partial charge in [0.1, 0.15) is 0 Å². The Morgan fingerprint density at radius 1 is 0.806 bits per heavy atom. The Hall–Kier alpha value is -3.86. The molecule has 0 N–H and O–H groups in total. The molecule has 4 aromatic rings. The number of carbonyl (C=O) groups excluding carboxylic acids is 1. The average Bonchev–Trinajstić information content (AvgIpc) is 3.11. The molecule has 0 bridgehead atoms. The first-order chi connectivity index (χ1) is 15.2. The summed E-state index contributed by atoms with van der Waals surface area (Å²) in [5, 5.41) is 0. The first-order valence-electron chi connectivity index (χ1n) is 10.5. The van der Waals surface area contributed by atoms with Crippen molar-refractivity contribution in [3.8, 4) is 5.69 Å². The predicted molar refractivity (Wildman–Crippen MR) is 120 cm³/mol. The Balaban J connectivity index is 1.59. The number of benzene rings is 3. The molecule has 0 unspecified atom stereocenters. The molecule has 1 amide bonds. The molecular weight excluding hydrogens is 386 g/mol. The zero-order valence-electron chi connectivity index (χ0n) is 17.1. The van der Waals surface area contributed by atoms with Crippen LogP contribution in [0.2, 0.25) is 0 Å². The second-order valence-electron chi connectivity index (χ2n) is 7.76. The molecular formula is C26H23N3O2. The molecule has 1 aromatic heterocycles. The monoisotopic (exact) mass is 409 g/mol. The van der Waals surface area contributed by atoms with E-state index in [4.69, 9.17) is 0 Å². The number of para-hydroxylation sites is 1. The normalized spacial score (nSPS) is 13.1. The van der Waals surface area contributed by atoms with Crippen molar-refractivity contribution in [2.45, 2.75) is 19.5 Å². The number of fused-ring (bicyclic) bond motifs is 1. The Morgan fingerprint density at radius 3 is 2.10 bits per heavy atom. The molecule has 0 saturated heterocycles. The van der Waals surface area contributed by atoms with Gasteiger partial charge in [-0.25, -0.2) is 4.68 Å². The van der Waals surface area contributed by atoms with Gasteiger partial charge in [0, 0.05) is 17.7 Å². The maximum absolute atomic E-state index is 13.4. The number of rotatable bonds is 4. The van der Waals surface area contributed by atoms with Crippen molar-refractivity contribution >= 4 is 5.91 Å². The highest BCUT2D eigenvalue weighted by Gasteiger charge is 2.29. The van der Waals surface area contributed by atoms with Crippen molar-refractivity contribution in [1.29, 1.82) is 0 Å². The Morgan fingerprint density at radius 2 is 1.42 bits per heavy atom. The van der Waals surface area contributed by atoms with Gasteiger partial charge in [-0.2, -0.15) is 0 Å². The zero-order valence-corrected chi connectivity index (χ0v) is 17.1. The summed E-state index contributed by atoms with van der Waals surface area (Å²) in [4.78, 5) is 28.3. The lowest BCUT2D eigenvalue weighted by molar-refractivity contribution is 0.0729. The summed E-state index contributed by atoms with van der Waals surface area (Å²) in [6.07, 6.45) is 0.557. The summed E-state index contributed by atoms with van der Waals surface area (Å²) in [6.45, 7) is 1.53. The average molecular weight is 409 g/mol. The van der Waals surface area contributed by atoms with Crippen LogP contribution >= 0.6 is 0 Å². The molecule has 1 aliphatic rings. The lowest BCUT2D eigenvalue weighted by atomic mass is 10.1. The molecule has 0 spiro atoms. The van der Waals surface area contributed by atoms with Gasteiger partial charge in [-0.15, -0.1) is 0 Å². The molecule has 0 radical (unpaired) electrons. The van der Waals surface area contributed by atoms with E-state index in [0.717, 1.165) is 22.5 Å². The van der Waals surface area contributed by atoms with E-state index in [-0.39, 0.29) is 11.5 Å². The Kier molecular flexibility index (Phi) is 5.00. The number of carbonyl (C=O) groups is 1. The summed E-state index contributed by atoms with van der Waals surface area (Å²) >= 11 is 0. The molecule has 1 aliphatic heterocycles. The third kappa shape index (κ3) is 3.59. The minimum atomic E-state index is -0.00239. The third-order valence-electron chi connectivity index (χ3n) is 5.81. The van der Waals surface area contributed by atoms with Crippen molar-refractivity contribution in [3.63, 3.8) is 0 Å². The standard InChI is InChI=1S/C26H23N3O2/c30-25(21-12-6-2-7-13-21)27-17-16-23-24(19-27)28(18-20-10-4-1-5-11-20)29(26(23)31)22-14-8-3-9-15-22/h1-15H,16-19H2. The van der Waals surface area contributed by atoms with Crippen LogP contribution in [0.5, 0.6) is 0 Å². The largest absolute Gasteiger partial charge is 0.332 e. The number of amides is 1. The van der Waals surface area contributed by atoms with Crippen LogP contribution in [-0.4, -0.2) is 26.7 Å². The highest BCUT2D eigenvalue weighted by molar-refractivity contribution is 5.94. The predicted octanol–water partition coefficient (Wildman–Crippen LogP) is 3.89. The molecule has 5 heteroatoms. The van der Waals surface area contributed by atoms with Gasteiger partial charge in [0.2, 0.25) is 0 Å². The van der Waals surface area contributed by atoms with Gasteiger partial charge in [0.05, 0.1) is 24.5 Å². The topological polar surface area (TPSA) is 47.2 Å². The molecule has 31 heavy (non-hydrogen) atoms. The maximum atomic E-state index is 13.4. The molecule has 154 valence electrons. The second-order valence-corrected chi connectivity index (χ2v) is 7.76. The van der Waals surface area contributed by atoms with E-state index in [1.165, 1.54) is 0 Å². The number of aromatic nitrogens is 2. The second kappa shape index (κ2) is 8.11. The van der Waals surface area contributed by atoms with E-state index < -0.39 is 0 Å². The summed E-state index contributed by atoms with van der Waals surface area (Å²) in [7, 11) is 0. The van der Waals surface area contributed by atoms with Crippen molar-refractivity contribution in [1.82, 2.24) is 14.3 Å². The molecule has 3 aromatic carbocycles. The molecule has 0 atom stereocenters. The van der Waals surface area contributed by atoms with Crippen LogP contribution in [0, 0.1) is 0 Å². The van der Waals surface area contributed by atoms with Crippen LogP contribution in [0.4, 0.5) is 0 Å². The van der Waals surface area contributed by atoms with Crippen LogP contribution < -0.4 is 5.56 Å². The third-order valence-corrected chi connectivity index (χ3v) is 5.81. The Labute approximate surface area is 180 Å². The fourth-order valence-corrected chi connectivity index (χ4v) is 4.26. The molecule has 0 aliphatic carbocycles. The minimum Gasteiger partial charge on any atom is -0.332 e. The van der Waals surface area contributed by atoms with Crippen LogP contribution in [-0.2, 0) is 19.5 Å². The number of hydrogen-bond donors (Lipinski definition) is 0. The van der Waals surface area contributed by atoms with E-state index in [1.54, 1.807) is 4.68 Å². The first-order valence-corrected chi connectivity index (χ1v) is 10.5. The fourth-order valence-electron chi connectivity index (χ4n) is 4.26. The van der Waals surface area contributed by atoms with Gasteiger partial charge in [0.25, 0.3) is 11.5 Å². The van der Waals surface area contributed by atoms with Gasteiger partial charge < -0.3 is 4.90 Å². The molecule has 2 heterocycles. The van der Waals surface area contributed by atoms with Crippen LogP contribution in [0.1, 0.15) is 27.2 Å².